The zero-order valence-corrected chi connectivity index (χ0v) is 27.5. The fourth-order valence-corrected chi connectivity index (χ4v) is 7.24. The van der Waals surface area contributed by atoms with E-state index < -0.39 is 67.2 Å². The number of aliphatic hydroxyl groups is 2. The van der Waals surface area contributed by atoms with E-state index >= 15 is 0 Å². The Labute approximate surface area is 268 Å². The second kappa shape index (κ2) is 13.6. The van der Waals surface area contributed by atoms with Crippen molar-refractivity contribution in [2.45, 2.75) is 56.6 Å². The number of ether oxygens (including phenoxy) is 3. The van der Waals surface area contributed by atoms with Gasteiger partial charge in [0.15, 0.2) is 5.92 Å². The van der Waals surface area contributed by atoms with Gasteiger partial charge in [-0.15, -0.1) is 13.2 Å². The molecule has 0 saturated carbocycles. The number of carbonyl (C=O) groups excluding carboxylic acids is 4. The fourth-order valence-electron chi connectivity index (χ4n) is 6.28. The summed E-state index contributed by atoms with van der Waals surface area (Å²) >= 11 is 0. The smallest absolute Gasteiger partial charge is 0.433 e. The van der Waals surface area contributed by atoms with Crippen molar-refractivity contribution in [2.24, 2.45) is 11.8 Å². The highest BCUT2D eigenvalue weighted by Crippen LogP contribution is 2.44. The van der Waals surface area contributed by atoms with Crippen LogP contribution in [0, 0.1) is 11.8 Å². The van der Waals surface area contributed by atoms with Crippen molar-refractivity contribution in [3.8, 4) is 11.1 Å². The molecule has 6 atom stereocenters. The number of benzene rings is 2. The first-order valence-corrected chi connectivity index (χ1v) is 18.5. The molecule has 46 heavy (non-hydrogen) atoms. The second-order valence-corrected chi connectivity index (χ2v) is 17.4. The van der Waals surface area contributed by atoms with E-state index in [1.165, 1.54) is 18.0 Å². The number of rotatable bonds is 10. The molecule has 5 rings (SSSR count). The summed E-state index contributed by atoms with van der Waals surface area (Å²) in [7, 11) is 1.48. The lowest BCUT2D eigenvalue weighted by Crippen LogP contribution is -2.56. The molecule has 0 aromatic heterocycles. The Balaban J connectivity index is 1.15. The summed E-state index contributed by atoms with van der Waals surface area (Å²) in [5.41, 5.74) is 4.20. The number of amides is 2. The molecule has 3 aliphatic rings. The number of nitrogens with zero attached hydrogens (tertiary/aromatic N) is 2. The summed E-state index contributed by atoms with van der Waals surface area (Å²) in [5, 5.41) is 21.4. The van der Waals surface area contributed by atoms with Crippen LogP contribution in [0.15, 0.2) is 48.5 Å². The van der Waals surface area contributed by atoms with E-state index in [2.05, 4.69) is 19.6 Å². The minimum atomic E-state index is -1.41. The van der Waals surface area contributed by atoms with Gasteiger partial charge in [-0.3, -0.25) is 4.79 Å². The number of esters is 1. The van der Waals surface area contributed by atoms with Crippen LogP contribution in [-0.4, -0.2) is 114 Å². The molecule has 2 aliphatic heterocycles. The Hall–Kier alpha value is -3.63. The van der Waals surface area contributed by atoms with E-state index in [0.717, 1.165) is 33.3 Å². The van der Waals surface area contributed by atoms with Crippen LogP contribution < -0.4 is 0 Å². The standard InChI is InChI=1S/C34H42N2O9P/c1-20(33(41)45-34(42)43-18-26-23-12-8-6-10-21(23)22-11-7-9-13-24(22)26)14-15-25-30(39)35(2)19-36(31(25)40)32-29(38)28(37)27(44-32)16-17-46(3,4)5/h6-13,19-20,25-29,32,37-38H,3,14-18H2,1-2,4-5H3/q+1/t20?,25?,27-,28-,29-,32-/m1/s1. The largest absolute Gasteiger partial charge is 0.516 e. The van der Waals surface area contributed by atoms with Crippen molar-refractivity contribution in [3.63, 3.8) is 0 Å². The first-order chi connectivity index (χ1) is 21.8. The highest BCUT2D eigenvalue weighted by Gasteiger charge is 2.54. The molecule has 1 aliphatic carbocycles. The minimum absolute atomic E-state index is 0.00242. The third-order valence-corrected chi connectivity index (χ3v) is 10.4. The van der Waals surface area contributed by atoms with Gasteiger partial charge in [0.05, 0.1) is 19.1 Å². The summed E-state index contributed by atoms with van der Waals surface area (Å²) in [6, 6.07) is 15.8. The van der Waals surface area contributed by atoms with Crippen molar-refractivity contribution in [1.29, 1.82) is 0 Å². The van der Waals surface area contributed by atoms with Gasteiger partial charge in [-0.25, -0.2) is 19.0 Å². The van der Waals surface area contributed by atoms with Crippen LogP contribution in [0.2, 0.25) is 0 Å². The topological polar surface area (TPSA) is 143 Å². The number of fused-ring (bicyclic) bond motifs is 3. The van der Waals surface area contributed by atoms with Crippen LogP contribution in [0.5, 0.6) is 0 Å². The van der Waals surface area contributed by atoms with Gasteiger partial charge in [0.2, 0.25) is 6.23 Å². The van der Waals surface area contributed by atoms with Gasteiger partial charge in [0.25, 0.3) is 6.34 Å². The summed E-state index contributed by atoms with van der Waals surface area (Å²) in [6.45, 7) is 4.25. The Morgan fingerprint density at radius 2 is 1.61 bits per heavy atom. The van der Waals surface area contributed by atoms with Crippen LogP contribution in [0.3, 0.4) is 0 Å². The predicted molar refractivity (Wildman–Crippen MR) is 173 cm³/mol. The molecule has 2 amide bonds. The molecular weight excluding hydrogens is 611 g/mol. The van der Waals surface area contributed by atoms with Gasteiger partial charge < -0.3 is 24.4 Å². The van der Waals surface area contributed by atoms with Crippen molar-refractivity contribution in [1.82, 2.24) is 4.90 Å². The van der Waals surface area contributed by atoms with E-state index in [9.17, 15) is 29.4 Å². The maximum absolute atomic E-state index is 13.5. The van der Waals surface area contributed by atoms with Crippen LogP contribution in [-0.2, 0) is 28.6 Å². The van der Waals surface area contributed by atoms with Crippen LogP contribution in [0.4, 0.5) is 4.79 Å². The van der Waals surface area contributed by atoms with E-state index in [4.69, 9.17) is 14.2 Å². The fraction of sp³-hybridized carbons (Fsp3) is 0.471. The number of hydrogen-bond donors (Lipinski definition) is 2. The molecule has 12 heteroatoms. The molecule has 0 spiro atoms. The highest BCUT2D eigenvalue weighted by atomic mass is 31.2. The number of aliphatic hydroxyl groups excluding tert-OH is 2. The molecule has 246 valence electrons. The molecule has 2 aromatic rings. The Kier molecular flexibility index (Phi) is 9.98. The Bertz CT molecular complexity index is 1550. The first-order valence-electron chi connectivity index (χ1n) is 15.5. The molecule has 2 heterocycles. The lowest BCUT2D eigenvalue weighted by molar-refractivity contribution is -0.427. The van der Waals surface area contributed by atoms with Gasteiger partial charge in [-0.2, -0.15) is 4.90 Å². The van der Waals surface area contributed by atoms with E-state index in [0.29, 0.717) is 6.42 Å². The normalized spacial score (nSPS) is 25.1. The third kappa shape index (κ3) is 7.03. The quantitative estimate of drug-likeness (QED) is 0.171. The van der Waals surface area contributed by atoms with Crippen molar-refractivity contribution in [3.05, 3.63) is 59.7 Å². The van der Waals surface area contributed by atoms with E-state index in [-0.39, 0.29) is 25.4 Å². The van der Waals surface area contributed by atoms with Gasteiger partial charge in [-0.1, -0.05) is 55.5 Å². The van der Waals surface area contributed by atoms with Crippen LogP contribution in [0.25, 0.3) is 11.1 Å². The lowest BCUT2D eigenvalue weighted by atomic mass is 9.93. The third-order valence-electron chi connectivity index (χ3n) is 8.93. The Morgan fingerprint density at radius 3 is 2.22 bits per heavy atom. The maximum atomic E-state index is 13.5. The minimum Gasteiger partial charge on any atom is -0.433 e. The van der Waals surface area contributed by atoms with Crippen LogP contribution in [0.1, 0.15) is 43.2 Å². The molecule has 0 radical (unpaired) electrons. The zero-order valence-electron chi connectivity index (χ0n) is 26.6. The average molecular weight is 654 g/mol. The maximum Gasteiger partial charge on any atom is 0.516 e. The SMILES string of the molecule is C=P(C)(C)CC[C@H]1O[C@@H](N2C=[N+](C)C(=O)C(CCC(C)C(=O)OC(=O)OCC3c4ccccc4-c4ccccc43)C2=O)[C@H](O)[C@@H]1O. The van der Waals surface area contributed by atoms with Gasteiger partial charge in [-0.05, 0) is 61.0 Å². The van der Waals surface area contributed by atoms with Gasteiger partial charge in [0, 0.05) is 5.92 Å². The monoisotopic (exact) mass is 653 g/mol. The van der Waals surface area contributed by atoms with Crippen molar-refractivity contribution in [2.75, 3.05) is 33.1 Å². The molecule has 1 fully saturated rings. The molecule has 2 aromatic carbocycles. The van der Waals surface area contributed by atoms with Gasteiger partial charge in [0.1, 0.15) is 18.8 Å². The molecule has 2 unspecified atom stereocenters. The molecule has 11 nitrogen and oxygen atoms in total. The molecule has 2 N–H and O–H groups in total. The summed E-state index contributed by atoms with van der Waals surface area (Å²) in [5.74, 6) is -4.09. The van der Waals surface area contributed by atoms with Crippen molar-refractivity contribution < 1.29 is 48.2 Å². The van der Waals surface area contributed by atoms with Gasteiger partial charge >= 0.3 is 23.9 Å². The summed E-state index contributed by atoms with van der Waals surface area (Å²) in [6.07, 6.45) is 1.15. The Morgan fingerprint density at radius 1 is 1.00 bits per heavy atom. The van der Waals surface area contributed by atoms with E-state index in [1.807, 2.05) is 48.5 Å². The zero-order chi connectivity index (χ0) is 33.3. The lowest BCUT2D eigenvalue weighted by Gasteiger charge is -2.27. The first kappa shape index (κ1) is 33.7. The van der Waals surface area contributed by atoms with Crippen LogP contribution >= 0.6 is 6.89 Å². The summed E-state index contributed by atoms with van der Waals surface area (Å²) in [4.78, 5) is 52.9. The molecular formula is C34H42N2O9P+. The van der Waals surface area contributed by atoms with E-state index in [1.54, 1.807) is 6.92 Å². The summed E-state index contributed by atoms with van der Waals surface area (Å²) < 4.78 is 17.5. The number of carbonyl (C=O) groups is 4. The molecule has 0 bridgehead atoms. The van der Waals surface area contributed by atoms with Crippen molar-refractivity contribution >= 4 is 43.5 Å². The number of hydrogen-bond acceptors (Lipinski definition) is 9. The predicted octanol–water partition coefficient (Wildman–Crippen LogP) is 3.10. The highest BCUT2D eigenvalue weighted by molar-refractivity contribution is 7.72. The second-order valence-electron chi connectivity index (χ2n) is 13.0. The molecule has 1 saturated heterocycles. The average Bonchev–Trinajstić information content (AvgIpc) is 3.49.